The van der Waals surface area contributed by atoms with Crippen molar-refractivity contribution in [1.29, 1.82) is 0 Å². The lowest BCUT2D eigenvalue weighted by Crippen LogP contribution is -2.05. The van der Waals surface area contributed by atoms with Crippen molar-refractivity contribution in [3.63, 3.8) is 0 Å². The van der Waals surface area contributed by atoms with E-state index in [1.54, 1.807) is 12.3 Å². The third-order valence-corrected chi connectivity index (χ3v) is 2.08. The van der Waals surface area contributed by atoms with Crippen LogP contribution in [0.25, 0.3) is 0 Å². The Morgan fingerprint density at radius 2 is 2.13 bits per heavy atom. The van der Waals surface area contributed by atoms with Crippen LogP contribution in [0.4, 0.5) is 11.8 Å². The average molecular weight is 204 g/mol. The first-order chi connectivity index (χ1) is 7.15. The van der Waals surface area contributed by atoms with E-state index in [-0.39, 0.29) is 5.95 Å². The Bertz CT molecular complexity index is 455. The molecule has 0 saturated carbocycles. The van der Waals surface area contributed by atoms with Crippen LogP contribution in [-0.4, -0.2) is 19.5 Å². The molecule has 6 heteroatoms. The number of nitrogen functional groups attached to an aromatic ring is 2. The predicted octanol–water partition coefficient (Wildman–Crippen LogP) is -0.0347. The van der Waals surface area contributed by atoms with Gasteiger partial charge in [0.25, 0.3) is 0 Å². The highest BCUT2D eigenvalue weighted by Crippen LogP contribution is 2.08. The number of hydrogen-bond donors (Lipinski definition) is 2. The number of nitrogens with two attached hydrogens (primary N) is 2. The molecule has 6 nitrogen and oxygen atoms in total. The van der Waals surface area contributed by atoms with Crippen LogP contribution in [0.15, 0.2) is 18.5 Å². The molecule has 0 radical (unpaired) electrons. The Morgan fingerprint density at radius 1 is 1.33 bits per heavy atom. The summed E-state index contributed by atoms with van der Waals surface area (Å²) < 4.78 is 1.93. The minimum atomic E-state index is 0.194. The number of rotatable bonds is 2. The van der Waals surface area contributed by atoms with Gasteiger partial charge in [-0.2, -0.15) is 4.98 Å². The number of aromatic nitrogens is 4. The van der Waals surface area contributed by atoms with Crippen molar-refractivity contribution >= 4 is 11.8 Å². The fourth-order valence-corrected chi connectivity index (χ4v) is 1.36. The molecule has 2 aromatic heterocycles. The molecule has 2 aromatic rings. The topological polar surface area (TPSA) is 95.6 Å². The Morgan fingerprint density at radius 3 is 2.73 bits per heavy atom. The largest absolute Gasteiger partial charge is 0.384 e. The van der Waals surface area contributed by atoms with Crippen LogP contribution in [0, 0.1) is 0 Å². The maximum atomic E-state index is 5.57. The Kier molecular flexibility index (Phi) is 2.24. The molecule has 0 amide bonds. The molecule has 0 aliphatic carbocycles. The smallest absolute Gasteiger partial charge is 0.222 e. The molecule has 0 aliphatic heterocycles. The second kappa shape index (κ2) is 3.56. The number of imidazole rings is 1. The molecule has 0 spiro atoms. The highest BCUT2D eigenvalue weighted by Gasteiger charge is 2.04. The zero-order valence-corrected chi connectivity index (χ0v) is 8.38. The van der Waals surface area contributed by atoms with Crippen molar-refractivity contribution in [3.05, 3.63) is 30.0 Å². The van der Waals surface area contributed by atoms with Gasteiger partial charge in [0, 0.05) is 31.9 Å². The third kappa shape index (κ3) is 2.04. The van der Waals surface area contributed by atoms with Gasteiger partial charge in [-0.3, -0.25) is 0 Å². The lowest BCUT2D eigenvalue weighted by molar-refractivity contribution is 0.810. The van der Waals surface area contributed by atoms with E-state index in [0.717, 1.165) is 11.5 Å². The van der Waals surface area contributed by atoms with E-state index in [1.165, 1.54) is 0 Å². The maximum absolute atomic E-state index is 5.57. The van der Waals surface area contributed by atoms with Crippen LogP contribution in [0.2, 0.25) is 0 Å². The summed E-state index contributed by atoms with van der Waals surface area (Å²) in [4.78, 5) is 12.1. The fraction of sp³-hybridized carbons (Fsp3) is 0.222. The summed E-state index contributed by atoms with van der Waals surface area (Å²) >= 11 is 0. The zero-order chi connectivity index (χ0) is 10.8. The van der Waals surface area contributed by atoms with E-state index in [4.69, 9.17) is 11.5 Å². The summed E-state index contributed by atoms with van der Waals surface area (Å²) in [5, 5.41) is 0. The van der Waals surface area contributed by atoms with E-state index in [1.807, 2.05) is 17.8 Å². The fourth-order valence-electron chi connectivity index (χ4n) is 1.36. The first-order valence-corrected chi connectivity index (χ1v) is 4.50. The Hall–Kier alpha value is -2.11. The third-order valence-electron chi connectivity index (χ3n) is 2.08. The van der Waals surface area contributed by atoms with Crippen LogP contribution >= 0.6 is 0 Å². The Labute approximate surface area is 87.0 Å². The van der Waals surface area contributed by atoms with E-state index < -0.39 is 0 Å². The van der Waals surface area contributed by atoms with Crippen LogP contribution in [0.5, 0.6) is 0 Å². The van der Waals surface area contributed by atoms with Gasteiger partial charge < -0.3 is 16.0 Å². The second-order valence-electron chi connectivity index (χ2n) is 3.27. The monoisotopic (exact) mass is 204 g/mol. The van der Waals surface area contributed by atoms with E-state index >= 15 is 0 Å². The molecule has 15 heavy (non-hydrogen) atoms. The van der Waals surface area contributed by atoms with E-state index in [0.29, 0.717) is 12.2 Å². The summed E-state index contributed by atoms with van der Waals surface area (Å²) in [6, 6.07) is 1.70. The first kappa shape index (κ1) is 9.45. The van der Waals surface area contributed by atoms with Crippen LogP contribution in [0.3, 0.4) is 0 Å². The number of nitrogens with zero attached hydrogens (tertiary/aromatic N) is 4. The molecule has 0 saturated heterocycles. The molecule has 2 heterocycles. The molecule has 0 bridgehead atoms. The van der Waals surface area contributed by atoms with Crippen LogP contribution in [0.1, 0.15) is 11.5 Å². The molecule has 0 unspecified atom stereocenters. The van der Waals surface area contributed by atoms with Crippen LogP contribution < -0.4 is 11.5 Å². The lowest BCUT2D eigenvalue weighted by atomic mass is 10.3. The zero-order valence-electron chi connectivity index (χ0n) is 8.38. The standard InChI is InChI=1S/C9H12N6/c1-15-3-2-12-8(15)5-6-4-7(10)14-9(11)13-6/h2-4H,5H2,1H3,(H4,10,11,13,14). The number of aryl methyl sites for hydroxylation is 1. The van der Waals surface area contributed by atoms with Gasteiger partial charge in [-0.1, -0.05) is 0 Å². The summed E-state index contributed by atoms with van der Waals surface area (Å²) in [5.41, 5.74) is 11.8. The Balaban J connectivity index is 2.28. The van der Waals surface area contributed by atoms with Gasteiger partial charge in [0.2, 0.25) is 5.95 Å². The van der Waals surface area contributed by atoms with Crippen molar-refractivity contribution < 1.29 is 0 Å². The molecule has 0 atom stereocenters. The van der Waals surface area contributed by atoms with Gasteiger partial charge in [-0.15, -0.1) is 0 Å². The van der Waals surface area contributed by atoms with Crippen molar-refractivity contribution in [3.8, 4) is 0 Å². The van der Waals surface area contributed by atoms with Gasteiger partial charge in [0.05, 0.1) is 5.69 Å². The minimum absolute atomic E-state index is 0.194. The summed E-state index contributed by atoms with van der Waals surface area (Å²) in [7, 11) is 1.93. The number of anilines is 2. The van der Waals surface area contributed by atoms with Gasteiger partial charge in [-0.25, -0.2) is 9.97 Å². The van der Waals surface area contributed by atoms with Gasteiger partial charge in [0.15, 0.2) is 0 Å². The SMILES string of the molecule is Cn1ccnc1Cc1cc(N)nc(N)n1. The molecular formula is C9H12N6. The quantitative estimate of drug-likeness (QED) is 0.715. The molecule has 0 aliphatic rings. The van der Waals surface area contributed by atoms with Gasteiger partial charge in [0.1, 0.15) is 11.6 Å². The summed E-state index contributed by atoms with van der Waals surface area (Å²) in [6.45, 7) is 0. The van der Waals surface area contributed by atoms with Gasteiger partial charge >= 0.3 is 0 Å². The van der Waals surface area contributed by atoms with Crippen LogP contribution in [-0.2, 0) is 13.5 Å². The minimum Gasteiger partial charge on any atom is -0.384 e. The van der Waals surface area contributed by atoms with Gasteiger partial charge in [-0.05, 0) is 0 Å². The summed E-state index contributed by atoms with van der Waals surface area (Å²) in [6.07, 6.45) is 4.22. The first-order valence-electron chi connectivity index (χ1n) is 4.50. The molecule has 2 rings (SSSR count). The number of hydrogen-bond acceptors (Lipinski definition) is 5. The molecule has 0 aromatic carbocycles. The molecule has 78 valence electrons. The second-order valence-corrected chi connectivity index (χ2v) is 3.27. The predicted molar refractivity (Wildman–Crippen MR) is 56.9 cm³/mol. The van der Waals surface area contributed by atoms with Crippen molar-refractivity contribution in [1.82, 2.24) is 19.5 Å². The van der Waals surface area contributed by atoms with Crippen molar-refractivity contribution in [2.45, 2.75) is 6.42 Å². The maximum Gasteiger partial charge on any atom is 0.222 e. The highest BCUT2D eigenvalue weighted by molar-refractivity contribution is 5.36. The van der Waals surface area contributed by atoms with E-state index in [2.05, 4.69) is 15.0 Å². The highest BCUT2D eigenvalue weighted by atomic mass is 15.1. The molecule has 0 fully saturated rings. The van der Waals surface area contributed by atoms with Crippen molar-refractivity contribution in [2.75, 3.05) is 11.5 Å². The lowest BCUT2D eigenvalue weighted by Gasteiger charge is -2.03. The average Bonchev–Trinajstić information content (AvgIpc) is 2.50. The van der Waals surface area contributed by atoms with E-state index in [9.17, 15) is 0 Å². The van der Waals surface area contributed by atoms with Crippen molar-refractivity contribution in [2.24, 2.45) is 7.05 Å². The normalized spacial score (nSPS) is 10.5. The molecular weight excluding hydrogens is 192 g/mol. The molecule has 4 N–H and O–H groups in total. The summed E-state index contributed by atoms with van der Waals surface area (Å²) in [5.74, 6) is 1.48.